The molecule has 0 aliphatic carbocycles. The summed E-state index contributed by atoms with van der Waals surface area (Å²) >= 11 is 0. The fraction of sp³-hybridized carbons (Fsp3) is 0.714. The van der Waals surface area contributed by atoms with Crippen molar-refractivity contribution in [1.82, 2.24) is 5.32 Å². The molecule has 0 rings (SSSR count). The van der Waals surface area contributed by atoms with Gasteiger partial charge in [0.05, 0.1) is 0 Å². The monoisotopic (exact) mass is 253 g/mol. The number of nitrogens with one attached hydrogen (secondary N) is 1. The van der Waals surface area contributed by atoms with Crippen LogP contribution in [0, 0.1) is 18.3 Å². The number of carboxylic acids is 1. The van der Waals surface area contributed by atoms with Crippen LogP contribution in [0.5, 0.6) is 0 Å². The van der Waals surface area contributed by atoms with Crippen LogP contribution in [0.15, 0.2) is 0 Å². The van der Waals surface area contributed by atoms with E-state index in [0.29, 0.717) is 31.7 Å². The van der Waals surface area contributed by atoms with Gasteiger partial charge in [0.15, 0.2) is 0 Å². The summed E-state index contributed by atoms with van der Waals surface area (Å²) in [5.74, 6) is 2.02. The van der Waals surface area contributed by atoms with Crippen LogP contribution < -0.4 is 5.32 Å². The standard InChI is InChI=1S/C14H23NO3/c1-3-5-7-13(16)15-11-10-12(6-4-2)8-9-14(17)18/h1,12H,4-11H2,2H3,(H,15,16)(H,17,18). The largest absolute Gasteiger partial charge is 0.481 e. The fourth-order valence-corrected chi connectivity index (χ4v) is 1.86. The van der Waals surface area contributed by atoms with E-state index in [1.807, 2.05) is 0 Å². The Morgan fingerprint density at radius 1 is 1.28 bits per heavy atom. The summed E-state index contributed by atoms with van der Waals surface area (Å²) in [5.41, 5.74) is 0. The first kappa shape index (κ1) is 16.5. The van der Waals surface area contributed by atoms with Gasteiger partial charge >= 0.3 is 5.97 Å². The number of aliphatic carboxylic acids is 1. The lowest BCUT2D eigenvalue weighted by molar-refractivity contribution is -0.137. The second-order valence-corrected chi connectivity index (χ2v) is 4.43. The van der Waals surface area contributed by atoms with Gasteiger partial charge in [-0.1, -0.05) is 19.8 Å². The van der Waals surface area contributed by atoms with E-state index in [1.165, 1.54) is 0 Å². The minimum Gasteiger partial charge on any atom is -0.481 e. The minimum atomic E-state index is -0.755. The van der Waals surface area contributed by atoms with Gasteiger partial charge in [-0.3, -0.25) is 9.59 Å². The molecule has 1 atom stereocenters. The van der Waals surface area contributed by atoms with Gasteiger partial charge in [-0.2, -0.15) is 0 Å². The van der Waals surface area contributed by atoms with Gasteiger partial charge in [0.2, 0.25) is 5.91 Å². The lowest BCUT2D eigenvalue weighted by atomic mass is 9.94. The number of carbonyl (C=O) groups is 2. The Bertz CT molecular complexity index is 294. The van der Waals surface area contributed by atoms with Crippen molar-refractivity contribution in [3.63, 3.8) is 0 Å². The molecule has 0 heterocycles. The number of terminal acetylenes is 1. The lowest BCUT2D eigenvalue weighted by Crippen LogP contribution is -2.25. The summed E-state index contributed by atoms with van der Waals surface area (Å²) < 4.78 is 0. The number of hydrogen-bond donors (Lipinski definition) is 2. The second kappa shape index (κ2) is 10.6. The number of hydrogen-bond acceptors (Lipinski definition) is 2. The van der Waals surface area contributed by atoms with E-state index in [0.717, 1.165) is 19.3 Å². The number of rotatable bonds is 10. The molecule has 4 nitrogen and oxygen atoms in total. The number of carbonyl (C=O) groups excluding carboxylic acids is 1. The predicted octanol–water partition coefficient (Wildman–Crippen LogP) is 2.19. The molecule has 102 valence electrons. The Labute approximate surface area is 109 Å². The van der Waals surface area contributed by atoms with E-state index in [9.17, 15) is 9.59 Å². The molecule has 0 aromatic rings. The van der Waals surface area contributed by atoms with Crippen molar-refractivity contribution >= 4 is 11.9 Å². The smallest absolute Gasteiger partial charge is 0.303 e. The van der Waals surface area contributed by atoms with Crippen LogP contribution in [-0.4, -0.2) is 23.5 Å². The maximum atomic E-state index is 11.3. The zero-order valence-electron chi connectivity index (χ0n) is 11.1. The normalized spacial score (nSPS) is 11.6. The summed E-state index contributed by atoms with van der Waals surface area (Å²) in [5, 5.41) is 11.5. The highest BCUT2D eigenvalue weighted by Crippen LogP contribution is 2.17. The molecule has 0 bridgehead atoms. The first-order valence-electron chi connectivity index (χ1n) is 6.52. The van der Waals surface area contributed by atoms with E-state index in [-0.39, 0.29) is 12.3 Å². The fourth-order valence-electron chi connectivity index (χ4n) is 1.86. The average molecular weight is 253 g/mol. The SMILES string of the molecule is C#CCCC(=O)NCCC(CCC)CCC(=O)O. The van der Waals surface area contributed by atoms with Gasteiger partial charge < -0.3 is 10.4 Å². The van der Waals surface area contributed by atoms with Gasteiger partial charge in [0.25, 0.3) is 0 Å². The zero-order valence-corrected chi connectivity index (χ0v) is 11.1. The Morgan fingerprint density at radius 3 is 2.56 bits per heavy atom. The molecule has 2 N–H and O–H groups in total. The summed E-state index contributed by atoms with van der Waals surface area (Å²) in [6.07, 6.45) is 9.67. The average Bonchev–Trinajstić information content (AvgIpc) is 2.33. The van der Waals surface area contributed by atoms with E-state index in [2.05, 4.69) is 18.2 Å². The molecule has 0 aliphatic rings. The predicted molar refractivity (Wildman–Crippen MR) is 71.0 cm³/mol. The number of carboxylic acid groups (broad SMARTS) is 1. The maximum absolute atomic E-state index is 11.3. The van der Waals surface area contributed by atoms with Gasteiger partial charge in [0.1, 0.15) is 0 Å². The summed E-state index contributed by atoms with van der Waals surface area (Å²) in [7, 11) is 0. The van der Waals surface area contributed by atoms with Crippen molar-refractivity contribution in [1.29, 1.82) is 0 Å². The molecule has 0 saturated carbocycles. The summed E-state index contributed by atoms with van der Waals surface area (Å²) in [6.45, 7) is 2.69. The van der Waals surface area contributed by atoms with E-state index in [1.54, 1.807) is 0 Å². The molecule has 0 spiro atoms. The van der Waals surface area contributed by atoms with Gasteiger partial charge in [-0.25, -0.2) is 0 Å². The molecule has 18 heavy (non-hydrogen) atoms. The van der Waals surface area contributed by atoms with Crippen molar-refractivity contribution < 1.29 is 14.7 Å². The van der Waals surface area contributed by atoms with Crippen molar-refractivity contribution in [2.24, 2.45) is 5.92 Å². The first-order chi connectivity index (χ1) is 8.60. The van der Waals surface area contributed by atoms with Crippen molar-refractivity contribution in [3.8, 4) is 12.3 Å². The maximum Gasteiger partial charge on any atom is 0.303 e. The van der Waals surface area contributed by atoms with Gasteiger partial charge in [0, 0.05) is 25.8 Å². The van der Waals surface area contributed by atoms with E-state index < -0.39 is 5.97 Å². The topological polar surface area (TPSA) is 66.4 Å². The Hall–Kier alpha value is -1.50. The van der Waals surface area contributed by atoms with Crippen LogP contribution in [0.4, 0.5) is 0 Å². The van der Waals surface area contributed by atoms with Crippen LogP contribution >= 0.6 is 0 Å². The van der Waals surface area contributed by atoms with Crippen LogP contribution in [0.25, 0.3) is 0 Å². The Morgan fingerprint density at radius 2 is 2.00 bits per heavy atom. The number of amides is 1. The van der Waals surface area contributed by atoms with Crippen molar-refractivity contribution in [2.45, 2.75) is 51.9 Å². The third-order valence-electron chi connectivity index (χ3n) is 2.83. The van der Waals surface area contributed by atoms with Crippen LogP contribution in [0.2, 0.25) is 0 Å². The molecule has 1 amide bonds. The van der Waals surface area contributed by atoms with Gasteiger partial charge in [-0.15, -0.1) is 12.3 Å². The molecule has 0 aromatic carbocycles. The third-order valence-corrected chi connectivity index (χ3v) is 2.83. The van der Waals surface area contributed by atoms with Crippen LogP contribution in [0.3, 0.4) is 0 Å². The van der Waals surface area contributed by atoms with Crippen molar-refractivity contribution in [3.05, 3.63) is 0 Å². The highest BCUT2D eigenvalue weighted by Gasteiger charge is 2.10. The minimum absolute atomic E-state index is 0.0265. The first-order valence-corrected chi connectivity index (χ1v) is 6.52. The molecule has 0 aliphatic heterocycles. The Balaban J connectivity index is 3.78. The summed E-state index contributed by atoms with van der Waals surface area (Å²) in [6, 6.07) is 0. The lowest BCUT2D eigenvalue weighted by Gasteiger charge is -2.15. The van der Waals surface area contributed by atoms with Crippen LogP contribution in [0.1, 0.15) is 51.9 Å². The summed E-state index contributed by atoms with van der Waals surface area (Å²) in [4.78, 5) is 21.8. The third kappa shape index (κ3) is 9.71. The van der Waals surface area contributed by atoms with Crippen molar-refractivity contribution in [2.75, 3.05) is 6.54 Å². The zero-order chi connectivity index (χ0) is 13.8. The molecule has 4 heteroatoms. The quantitative estimate of drug-likeness (QED) is 0.586. The van der Waals surface area contributed by atoms with E-state index in [4.69, 9.17) is 11.5 Å². The highest BCUT2D eigenvalue weighted by atomic mass is 16.4. The molecule has 0 radical (unpaired) electrons. The Kier molecular flexibility index (Phi) is 9.75. The molecule has 0 saturated heterocycles. The molecule has 1 unspecified atom stereocenters. The van der Waals surface area contributed by atoms with Crippen LogP contribution in [-0.2, 0) is 9.59 Å². The van der Waals surface area contributed by atoms with E-state index >= 15 is 0 Å². The molecular formula is C14H23NO3. The molecular weight excluding hydrogens is 230 g/mol. The second-order valence-electron chi connectivity index (χ2n) is 4.43. The molecule has 0 aromatic heterocycles. The van der Waals surface area contributed by atoms with Gasteiger partial charge in [-0.05, 0) is 18.8 Å². The highest BCUT2D eigenvalue weighted by molar-refractivity contribution is 5.76. The molecule has 0 fully saturated rings.